The summed E-state index contributed by atoms with van der Waals surface area (Å²) in [7, 11) is 3.98. The van der Waals surface area contributed by atoms with E-state index in [-0.39, 0.29) is 30.1 Å². The summed E-state index contributed by atoms with van der Waals surface area (Å²) in [5.74, 6) is -1.76. The van der Waals surface area contributed by atoms with E-state index in [9.17, 15) is 13.6 Å². The number of carbonyl (C=O) groups is 1. The average molecular weight is 397 g/mol. The smallest absolute Gasteiger partial charge is 0.249 e. The molecule has 1 aromatic rings. The second-order valence-electron chi connectivity index (χ2n) is 10.0. The Kier molecular flexibility index (Phi) is 5.86. The zero-order chi connectivity index (χ0) is 20.7. The summed E-state index contributed by atoms with van der Waals surface area (Å²) < 4.78 is 28.9. The Morgan fingerprint density at radius 2 is 1.89 bits per heavy atom. The molecule has 0 saturated heterocycles. The minimum atomic E-state index is -2.58. The van der Waals surface area contributed by atoms with Gasteiger partial charge in [-0.15, -0.1) is 0 Å². The fourth-order valence-electron chi connectivity index (χ4n) is 4.00. The number of hydrogen-bond acceptors (Lipinski definition) is 3. The summed E-state index contributed by atoms with van der Waals surface area (Å²) in [6.07, 6.45) is 3.37. The van der Waals surface area contributed by atoms with E-state index < -0.39 is 5.92 Å². The van der Waals surface area contributed by atoms with E-state index in [0.29, 0.717) is 18.9 Å². The minimum Gasteiger partial charge on any atom is -0.311 e. The van der Waals surface area contributed by atoms with Crippen LogP contribution < -0.4 is 5.32 Å². The van der Waals surface area contributed by atoms with Crippen molar-refractivity contribution >= 4 is 11.7 Å². The normalized spacial score (nSPS) is 20.1. The van der Waals surface area contributed by atoms with Gasteiger partial charge < -0.3 is 10.2 Å². The van der Waals surface area contributed by atoms with Gasteiger partial charge >= 0.3 is 0 Å². The Morgan fingerprint density at radius 3 is 2.36 bits per heavy atom. The molecule has 5 nitrogen and oxygen atoms in total. The van der Waals surface area contributed by atoms with Crippen molar-refractivity contribution in [1.82, 2.24) is 14.7 Å². The van der Waals surface area contributed by atoms with Gasteiger partial charge in [-0.3, -0.25) is 4.79 Å². The van der Waals surface area contributed by atoms with E-state index in [1.165, 1.54) is 0 Å². The highest BCUT2D eigenvalue weighted by Crippen LogP contribution is 2.52. The van der Waals surface area contributed by atoms with Crippen LogP contribution in [0, 0.1) is 5.41 Å². The Hall–Kier alpha value is -1.50. The third kappa shape index (κ3) is 4.91. The highest BCUT2D eigenvalue weighted by atomic mass is 19.3. The van der Waals surface area contributed by atoms with E-state index >= 15 is 0 Å². The van der Waals surface area contributed by atoms with Crippen LogP contribution in [0.1, 0.15) is 82.4 Å². The summed E-state index contributed by atoms with van der Waals surface area (Å²) in [6, 6.07) is 0. The van der Waals surface area contributed by atoms with Gasteiger partial charge in [-0.1, -0.05) is 27.2 Å². The highest BCUT2D eigenvalue weighted by Gasteiger charge is 2.49. The van der Waals surface area contributed by atoms with Gasteiger partial charge in [0.2, 0.25) is 11.8 Å². The number of halogens is 2. The molecule has 0 atom stereocenters. The first-order chi connectivity index (χ1) is 13.0. The molecule has 0 unspecified atom stereocenters. The number of nitrogens with zero attached hydrogens (tertiary/aromatic N) is 3. The second-order valence-corrected chi connectivity index (χ2v) is 10.0. The molecule has 1 N–H and O–H groups in total. The van der Waals surface area contributed by atoms with Gasteiger partial charge in [-0.2, -0.15) is 5.10 Å². The first kappa shape index (κ1) is 21.2. The fourth-order valence-corrected chi connectivity index (χ4v) is 4.00. The van der Waals surface area contributed by atoms with Gasteiger partial charge in [0.15, 0.2) is 0 Å². The molecule has 28 heavy (non-hydrogen) atoms. The van der Waals surface area contributed by atoms with Crippen molar-refractivity contribution in [3.8, 4) is 0 Å². The maximum atomic E-state index is 13.5. The van der Waals surface area contributed by atoms with Crippen molar-refractivity contribution in [3.63, 3.8) is 0 Å². The summed E-state index contributed by atoms with van der Waals surface area (Å²) in [4.78, 5) is 14.7. The maximum absolute atomic E-state index is 13.5. The molecule has 0 aliphatic heterocycles. The molecule has 7 heteroatoms. The third-order valence-corrected chi connectivity index (χ3v) is 5.72. The monoisotopic (exact) mass is 396 g/mol. The van der Waals surface area contributed by atoms with Gasteiger partial charge in [0.05, 0.1) is 12.2 Å². The first-order valence-corrected chi connectivity index (χ1v) is 10.4. The second kappa shape index (κ2) is 7.73. The van der Waals surface area contributed by atoms with Crippen molar-refractivity contribution in [2.75, 3.05) is 26.0 Å². The third-order valence-electron chi connectivity index (χ3n) is 5.72. The Bertz CT molecular complexity index is 709. The van der Waals surface area contributed by atoms with E-state index in [1.807, 2.05) is 39.5 Å². The lowest BCUT2D eigenvalue weighted by molar-refractivity contribution is -0.117. The number of carbonyl (C=O) groups excluding carboxylic acids is 1. The number of hydrogen-bond donors (Lipinski definition) is 1. The number of alkyl halides is 2. The van der Waals surface area contributed by atoms with Crippen LogP contribution in [0.25, 0.3) is 0 Å². The number of aromatic nitrogens is 2. The molecule has 0 radical (unpaired) electrons. The lowest BCUT2D eigenvalue weighted by Gasteiger charge is -2.36. The molecule has 0 aromatic carbocycles. The number of amides is 1. The molecule has 1 amide bonds. The van der Waals surface area contributed by atoms with E-state index in [1.54, 1.807) is 0 Å². The van der Waals surface area contributed by atoms with Crippen molar-refractivity contribution in [2.45, 2.75) is 83.6 Å². The van der Waals surface area contributed by atoms with Crippen LogP contribution in [-0.2, 0) is 11.3 Å². The van der Waals surface area contributed by atoms with Gasteiger partial charge in [0.25, 0.3) is 0 Å². The Labute approximate surface area is 166 Å². The van der Waals surface area contributed by atoms with Crippen LogP contribution in [0.5, 0.6) is 0 Å². The molecule has 3 rings (SSSR count). The molecular formula is C21H34F2N4O. The lowest BCUT2D eigenvalue weighted by Crippen LogP contribution is -2.34. The summed E-state index contributed by atoms with van der Waals surface area (Å²) in [6.45, 7) is 7.50. The van der Waals surface area contributed by atoms with Crippen molar-refractivity contribution in [1.29, 1.82) is 0 Å². The molecule has 0 bridgehead atoms. The molecule has 2 saturated carbocycles. The predicted molar refractivity (Wildman–Crippen MR) is 107 cm³/mol. The van der Waals surface area contributed by atoms with Gasteiger partial charge in [-0.25, -0.2) is 13.5 Å². The predicted octanol–water partition coefficient (Wildman–Crippen LogP) is 4.60. The van der Waals surface area contributed by atoms with Crippen LogP contribution >= 0.6 is 0 Å². The van der Waals surface area contributed by atoms with Gasteiger partial charge in [0, 0.05) is 37.3 Å². The zero-order valence-electron chi connectivity index (χ0n) is 17.8. The maximum Gasteiger partial charge on any atom is 0.249 e. The molecule has 1 aromatic heterocycles. The summed E-state index contributed by atoms with van der Waals surface area (Å²) in [5.41, 5.74) is 1.70. The average Bonchev–Trinajstić information content (AvgIpc) is 2.77. The largest absolute Gasteiger partial charge is 0.311 e. The number of likely N-dealkylation sites (N-methyl/N-ethyl adjacent to an activating group) is 1. The van der Waals surface area contributed by atoms with E-state index in [2.05, 4.69) is 10.2 Å². The topological polar surface area (TPSA) is 50.2 Å². The lowest BCUT2D eigenvalue weighted by atomic mass is 9.73. The number of anilines is 1. The van der Waals surface area contributed by atoms with E-state index in [4.69, 9.17) is 5.10 Å². The standard InChI is InChI=1S/C21H34F2N4O/c1-20(2,3)13-16(28)24-19-17(14-7-6-8-14)18(15-11-21(22,23)12-15)25-27(19)10-9-26(4)5/h14-15H,6-13H2,1-5H3,(H,24,28). The van der Waals surface area contributed by atoms with Crippen molar-refractivity contribution in [3.05, 3.63) is 11.3 Å². The summed E-state index contributed by atoms with van der Waals surface area (Å²) in [5, 5.41) is 7.87. The molecule has 1 heterocycles. The fraction of sp³-hybridized carbons (Fsp3) is 0.810. The van der Waals surface area contributed by atoms with Crippen molar-refractivity contribution in [2.24, 2.45) is 5.41 Å². The zero-order valence-corrected chi connectivity index (χ0v) is 17.8. The van der Waals surface area contributed by atoms with Crippen LogP contribution in [-0.4, -0.2) is 47.2 Å². The van der Waals surface area contributed by atoms with E-state index in [0.717, 1.165) is 42.9 Å². The first-order valence-electron chi connectivity index (χ1n) is 10.4. The van der Waals surface area contributed by atoms with Crippen LogP contribution in [0.4, 0.5) is 14.6 Å². The van der Waals surface area contributed by atoms with Crippen molar-refractivity contribution < 1.29 is 13.6 Å². The Balaban J connectivity index is 1.93. The molecule has 0 spiro atoms. The molecule has 2 aliphatic rings. The van der Waals surface area contributed by atoms with Crippen LogP contribution in [0.3, 0.4) is 0 Å². The van der Waals surface area contributed by atoms with Crippen LogP contribution in [0.15, 0.2) is 0 Å². The minimum absolute atomic E-state index is 0.0374. The molecule has 158 valence electrons. The van der Waals surface area contributed by atoms with Gasteiger partial charge in [0.1, 0.15) is 5.82 Å². The molecular weight excluding hydrogens is 362 g/mol. The highest BCUT2D eigenvalue weighted by molar-refractivity contribution is 5.91. The number of rotatable bonds is 7. The quantitative estimate of drug-likeness (QED) is 0.733. The SMILES string of the molecule is CN(C)CCn1nc(C2CC(F)(F)C2)c(C2CCC2)c1NC(=O)CC(C)(C)C. The number of nitrogens with one attached hydrogen (secondary N) is 1. The molecule has 2 aliphatic carbocycles. The van der Waals surface area contributed by atoms with Crippen LogP contribution in [0.2, 0.25) is 0 Å². The summed E-state index contributed by atoms with van der Waals surface area (Å²) >= 11 is 0. The molecule has 2 fully saturated rings. The van der Waals surface area contributed by atoms with Gasteiger partial charge in [-0.05, 0) is 38.3 Å². The Morgan fingerprint density at radius 1 is 1.25 bits per heavy atom.